The third kappa shape index (κ3) is 4.57. The van der Waals surface area contributed by atoms with Gasteiger partial charge in [-0.05, 0) is 44.2 Å². The molecule has 0 spiro atoms. The van der Waals surface area contributed by atoms with Gasteiger partial charge in [0.25, 0.3) is 0 Å². The van der Waals surface area contributed by atoms with E-state index >= 15 is 0 Å². The molecular formula is C17H22ClNOS. The van der Waals surface area contributed by atoms with E-state index < -0.39 is 11.0 Å². The molecule has 1 unspecified atom stereocenters. The summed E-state index contributed by atoms with van der Waals surface area (Å²) in [6.45, 7) is 2.87. The summed E-state index contributed by atoms with van der Waals surface area (Å²) in [6, 6.07) is 8.01. The second kappa shape index (κ2) is 8.58. The summed E-state index contributed by atoms with van der Waals surface area (Å²) in [5, 5.41) is 0. The van der Waals surface area contributed by atoms with Crippen molar-refractivity contribution >= 4 is 22.6 Å². The van der Waals surface area contributed by atoms with Crippen molar-refractivity contribution in [2.45, 2.75) is 50.0 Å². The topological polar surface area (TPSA) is 20.3 Å². The Labute approximate surface area is 135 Å². The van der Waals surface area contributed by atoms with E-state index in [4.69, 9.17) is 11.6 Å². The number of alkyl halides is 1. The summed E-state index contributed by atoms with van der Waals surface area (Å²) in [4.78, 5) is 0.909. The van der Waals surface area contributed by atoms with E-state index in [0.29, 0.717) is 5.88 Å². The molecule has 1 fully saturated rings. The first-order valence-electron chi connectivity index (χ1n) is 7.52. The molecule has 0 saturated carbocycles. The molecule has 1 saturated heterocycles. The Balaban J connectivity index is 2.12. The van der Waals surface area contributed by atoms with Crippen LogP contribution in [0, 0.1) is 18.8 Å². The van der Waals surface area contributed by atoms with Crippen molar-refractivity contribution in [3.63, 3.8) is 0 Å². The summed E-state index contributed by atoms with van der Waals surface area (Å²) >= 11 is 5.67. The van der Waals surface area contributed by atoms with E-state index in [2.05, 4.69) is 16.1 Å². The number of rotatable bonds is 4. The summed E-state index contributed by atoms with van der Waals surface area (Å²) < 4.78 is 14.9. The number of piperidine rings is 1. The molecular weight excluding hydrogens is 302 g/mol. The van der Waals surface area contributed by atoms with Crippen LogP contribution in [0.15, 0.2) is 29.2 Å². The first-order valence-corrected chi connectivity index (χ1v) is 9.16. The number of nitrogens with zero attached hydrogens (tertiary/aromatic N) is 1. The maximum atomic E-state index is 12.9. The van der Waals surface area contributed by atoms with Crippen LogP contribution < -0.4 is 0 Å². The van der Waals surface area contributed by atoms with Gasteiger partial charge in [-0.1, -0.05) is 24.1 Å². The van der Waals surface area contributed by atoms with Gasteiger partial charge < -0.3 is 0 Å². The predicted octanol–water partition coefficient (Wildman–Crippen LogP) is 3.89. The van der Waals surface area contributed by atoms with E-state index in [1.807, 2.05) is 31.2 Å². The standard InChI is InChI=1S/C17H22ClNOS/c1-15-9-4-5-12-17(15)21(20)19-14-8-6-11-16(19)10-3-2-7-13-18/h4-5,9,12,16H,2,6-8,11,13-14H2,1H3/t16-,21?/m1/s1. The van der Waals surface area contributed by atoms with Gasteiger partial charge in [-0.25, -0.2) is 8.51 Å². The van der Waals surface area contributed by atoms with E-state index in [9.17, 15) is 4.21 Å². The van der Waals surface area contributed by atoms with Gasteiger partial charge in [0.15, 0.2) is 0 Å². The van der Waals surface area contributed by atoms with Crippen LogP contribution in [0.4, 0.5) is 0 Å². The van der Waals surface area contributed by atoms with Crippen molar-refractivity contribution in [1.82, 2.24) is 4.31 Å². The highest BCUT2D eigenvalue weighted by Crippen LogP contribution is 2.23. The maximum absolute atomic E-state index is 12.9. The molecule has 1 heterocycles. The van der Waals surface area contributed by atoms with Gasteiger partial charge in [-0.15, -0.1) is 17.5 Å². The van der Waals surface area contributed by atoms with Gasteiger partial charge in [0, 0.05) is 18.8 Å². The molecule has 2 nitrogen and oxygen atoms in total. The third-order valence-corrected chi connectivity index (χ3v) is 5.62. The number of unbranched alkanes of at least 4 members (excludes halogenated alkanes) is 1. The minimum Gasteiger partial charge on any atom is -0.237 e. The fourth-order valence-electron chi connectivity index (χ4n) is 2.47. The van der Waals surface area contributed by atoms with Crippen LogP contribution in [0.3, 0.4) is 0 Å². The van der Waals surface area contributed by atoms with Crippen molar-refractivity contribution in [2.75, 3.05) is 12.4 Å². The van der Waals surface area contributed by atoms with E-state index in [1.165, 1.54) is 0 Å². The lowest BCUT2D eigenvalue weighted by atomic mass is 10.1. The quantitative estimate of drug-likeness (QED) is 0.467. The van der Waals surface area contributed by atoms with Crippen LogP contribution in [-0.4, -0.2) is 27.0 Å². The Bertz CT molecular complexity index is 549. The van der Waals surface area contributed by atoms with Gasteiger partial charge in [-0.3, -0.25) is 0 Å². The molecule has 0 N–H and O–H groups in total. The Hall–Kier alpha value is -0.820. The lowest BCUT2D eigenvalue weighted by molar-refractivity contribution is 0.314. The van der Waals surface area contributed by atoms with E-state index in [0.717, 1.165) is 49.1 Å². The normalized spacial score (nSPS) is 20.6. The molecule has 0 radical (unpaired) electrons. The fourth-order valence-corrected chi connectivity index (χ4v) is 4.08. The van der Waals surface area contributed by atoms with Crippen LogP contribution in [-0.2, 0) is 11.0 Å². The maximum Gasteiger partial charge on any atom is 0.129 e. The highest BCUT2D eigenvalue weighted by atomic mass is 35.5. The molecule has 4 heteroatoms. The molecule has 0 bridgehead atoms. The lowest BCUT2D eigenvalue weighted by Gasteiger charge is -2.31. The van der Waals surface area contributed by atoms with Crippen LogP contribution in [0.1, 0.15) is 37.7 Å². The van der Waals surface area contributed by atoms with Crippen LogP contribution in [0.2, 0.25) is 0 Å². The van der Waals surface area contributed by atoms with Gasteiger partial charge >= 0.3 is 0 Å². The first-order chi connectivity index (χ1) is 10.2. The second-order valence-electron chi connectivity index (χ2n) is 5.28. The Morgan fingerprint density at radius 3 is 2.95 bits per heavy atom. The summed E-state index contributed by atoms with van der Waals surface area (Å²) in [6.07, 6.45) is 5.01. The zero-order valence-corrected chi connectivity index (χ0v) is 14.1. The molecule has 2 rings (SSSR count). The molecule has 21 heavy (non-hydrogen) atoms. The Morgan fingerprint density at radius 1 is 1.38 bits per heavy atom. The van der Waals surface area contributed by atoms with Crippen molar-refractivity contribution in [2.24, 2.45) is 0 Å². The molecule has 1 aliphatic heterocycles. The molecule has 2 atom stereocenters. The second-order valence-corrected chi connectivity index (χ2v) is 7.07. The van der Waals surface area contributed by atoms with Crippen LogP contribution in [0.25, 0.3) is 0 Å². The zero-order chi connectivity index (χ0) is 15.1. The van der Waals surface area contributed by atoms with Gasteiger partial charge in [-0.2, -0.15) is 0 Å². The minimum absolute atomic E-state index is 0.106. The molecule has 1 aromatic rings. The third-order valence-electron chi connectivity index (χ3n) is 3.65. The summed E-state index contributed by atoms with van der Waals surface area (Å²) in [5.41, 5.74) is 1.08. The SMILES string of the molecule is Cc1ccccc1S(=O)N1CCCC[C@H]1C#CCCCCl. The number of halogens is 1. The van der Waals surface area contributed by atoms with Crippen molar-refractivity contribution in [1.29, 1.82) is 0 Å². The van der Waals surface area contributed by atoms with Crippen LogP contribution in [0.5, 0.6) is 0 Å². The number of benzene rings is 1. The largest absolute Gasteiger partial charge is 0.237 e. The van der Waals surface area contributed by atoms with Gasteiger partial charge in [0.2, 0.25) is 0 Å². The van der Waals surface area contributed by atoms with Crippen LogP contribution >= 0.6 is 11.6 Å². The Morgan fingerprint density at radius 2 is 2.19 bits per heavy atom. The lowest BCUT2D eigenvalue weighted by Crippen LogP contribution is -2.40. The first kappa shape index (κ1) is 16.5. The number of hydrogen-bond donors (Lipinski definition) is 0. The predicted molar refractivity (Wildman–Crippen MR) is 89.7 cm³/mol. The molecule has 1 aliphatic rings. The van der Waals surface area contributed by atoms with Crippen molar-refractivity contribution in [3.05, 3.63) is 29.8 Å². The average molecular weight is 324 g/mol. The minimum atomic E-state index is -1.11. The highest BCUT2D eigenvalue weighted by molar-refractivity contribution is 7.82. The van der Waals surface area contributed by atoms with Crippen molar-refractivity contribution < 1.29 is 4.21 Å². The van der Waals surface area contributed by atoms with E-state index in [1.54, 1.807) is 0 Å². The van der Waals surface area contributed by atoms with Crippen molar-refractivity contribution in [3.8, 4) is 11.8 Å². The average Bonchev–Trinajstić information content (AvgIpc) is 2.52. The molecule has 0 aromatic heterocycles. The Kier molecular flexibility index (Phi) is 6.76. The number of aryl methyl sites for hydroxylation is 1. The smallest absolute Gasteiger partial charge is 0.129 e. The molecule has 0 amide bonds. The highest BCUT2D eigenvalue weighted by Gasteiger charge is 2.26. The molecule has 114 valence electrons. The summed E-state index contributed by atoms with van der Waals surface area (Å²) in [7, 11) is -1.11. The van der Waals surface area contributed by atoms with Gasteiger partial charge in [0.1, 0.15) is 11.0 Å². The zero-order valence-electron chi connectivity index (χ0n) is 12.5. The number of hydrogen-bond acceptors (Lipinski definition) is 1. The monoisotopic (exact) mass is 323 g/mol. The van der Waals surface area contributed by atoms with E-state index in [-0.39, 0.29) is 6.04 Å². The molecule has 0 aliphatic carbocycles. The van der Waals surface area contributed by atoms with Gasteiger partial charge in [0.05, 0.1) is 10.9 Å². The summed E-state index contributed by atoms with van der Waals surface area (Å²) in [5.74, 6) is 7.15. The molecule has 1 aromatic carbocycles. The fraction of sp³-hybridized carbons (Fsp3) is 0.529.